The second-order valence-corrected chi connectivity index (χ2v) is 9.90. The van der Waals surface area contributed by atoms with Gasteiger partial charge >= 0.3 is 6.09 Å². The lowest BCUT2D eigenvalue weighted by Gasteiger charge is -2.24. The van der Waals surface area contributed by atoms with Crippen molar-refractivity contribution in [2.24, 2.45) is 5.92 Å². The van der Waals surface area contributed by atoms with Gasteiger partial charge in [0.15, 0.2) is 0 Å². The molecule has 1 rings (SSSR count). The van der Waals surface area contributed by atoms with Gasteiger partial charge in [0, 0.05) is 25.2 Å². The van der Waals surface area contributed by atoms with Gasteiger partial charge in [-0.15, -0.1) is 0 Å². The van der Waals surface area contributed by atoms with E-state index in [4.69, 9.17) is 4.74 Å². The van der Waals surface area contributed by atoms with Crippen LogP contribution in [0.5, 0.6) is 5.75 Å². The van der Waals surface area contributed by atoms with Gasteiger partial charge in [0.1, 0.15) is 11.4 Å². The first-order chi connectivity index (χ1) is 12.9. The molecule has 0 aliphatic carbocycles. The molecule has 0 aliphatic heterocycles. The zero-order valence-electron chi connectivity index (χ0n) is 17.4. The highest BCUT2D eigenvalue weighted by molar-refractivity contribution is 7.89. The van der Waals surface area contributed by atoms with Crippen LogP contribution >= 0.6 is 0 Å². The van der Waals surface area contributed by atoms with E-state index in [1.165, 1.54) is 28.6 Å². The number of hydrogen-bond acceptors (Lipinski definition) is 5. The fourth-order valence-corrected chi connectivity index (χ4v) is 4.16. The topological polar surface area (TPSA) is 95.9 Å². The van der Waals surface area contributed by atoms with E-state index in [0.717, 1.165) is 0 Å². The number of carbonyl (C=O) groups is 1. The third kappa shape index (κ3) is 7.52. The number of rotatable bonds is 9. The van der Waals surface area contributed by atoms with Crippen LogP contribution in [0.4, 0.5) is 4.79 Å². The number of sulfonamides is 1. The normalized spacial score (nSPS) is 12.2. The minimum Gasteiger partial charge on any atom is -0.507 e. The molecule has 0 aromatic heterocycles. The molecule has 0 bridgehead atoms. The molecule has 0 aliphatic rings. The Bertz CT molecular complexity index is 782. The summed E-state index contributed by atoms with van der Waals surface area (Å²) in [6.07, 6.45) is 1.32. The number of nitrogens with one attached hydrogen (secondary N) is 1. The molecular formula is C20H32N2O5S. The molecule has 2 N–H and O–H groups in total. The van der Waals surface area contributed by atoms with Gasteiger partial charge in [0.25, 0.3) is 0 Å². The first kappa shape index (κ1) is 24.0. The number of ether oxygens (including phenoxy) is 1. The summed E-state index contributed by atoms with van der Waals surface area (Å²) >= 11 is 0. The van der Waals surface area contributed by atoms with Crippen LogP contribution in [0.25, 0.3) is 6.08 Å². The molecule has 8 heteroatoms. The van der Waals surface area contributed by atoms with Gasteiger partial charge < -0.3 is 15.2 Å². The van der Waals surface area contributed by atoms with E-state index in [9.17, 15) is 18.3 Å². The highest BCUT2D eigenvalue weighted by atomic mass is 32.2. The minimum atomic E-state index is -3.74. The molecule has 0 fully saturated rings. The number of amides is 1. The van der Waals surface area contributed by atoms with Crippen molar-refractivity contribution >= 4 is 22.2 Å². The van der Waals surface area contributed by atoms with Crippen molar-refractivity contribution in [1.82, 2.24) is 9.62 Å². The maximum Gasteiger partial charge on any atom is 0.407 e. The second kappa shape index (κ2) is 9.93. The maximum absolute atomic E-state index is 13.1. The van der Waals surface area contributed by atoms with Crippen LogP contribution in [0.3, 0.4) is 0 Å². The van der Waals surface area contributed by atoms with Crippen LogP contribution in [-0.2, 0) is 14.8 Å². The first-order valence-corrected chi connectivity index (χ1v) is 10.7. The Hall–Kier alpha value is -2.06. The van der Waals surface area contributed by atoms with Crippen molar-refractivity contribution in [3.8, 4) is 5.75 Å². The van der Waals surface area contributed by atoms with E-state index in [-0.39, 0.29) is 23.1 Å². The third-order valence-electron chi connectivity index (χ3n) is 3.68. The quantitative estimate of drug-likeness (QED) is 0.604. The summed E-state index contributed by atoms with van der Waals surface area (Å²) in [6, 6.07) is 4.13. The third-order valence-corrected chi connectivity index (χ3v) is 5.54. The molecule has 1 aromatic rings. The number of phenolic OH excluding ortho intramolecular Hbond substituents is 1. The molecule has 7 nitrogen and oxygen atoms in total. The lowest BCUT2D eigenvalue weighted by atomic mass is 10.2. The zero-order chi connectivity index (χ0) is 21.5. The zero-order valence-corrected chi connectivity index (χ0v) is 18.2. The van der Waals surface area contributed by atoms with Crippen molar-refractivity contribution in [2.75, 3.05) is 19.6 Å². The Morgan fingerprint density at radius 3 is 2.54 bits per heavy atom. The monoisotopic (exact) mass is 412 g/mol. The lowest BCUT2D eigenvalue weighted by Crippen LogP contribution is -2.38. The van der Waals surface area contributed by atoms with Gasteiger partial charge in [-0.1, -0.05) is 26.5 Å². The Balaban J connectivity index is 2.84. The summed E-state index contributed by atoms with van der Waals surface area (Å²) < 4.78 is 32.7. The second-order valence-electron chi connectivity index (χ2n) is 7.96. The SMILES string of the molecule is C=Cc1cc(S(=O)(=O)N(CCCNC(=O)OC(C)(C)C)CC(C)C)ccc1O. The minimum absolute atomic E-state index is 0.0223. The predicted molar refractivity (Wildman–Crippen MR) is 111 cm³/mol. The Morgan fingerprint density at radius 1 is 1.36 bits per heavy atom. The fraction of sp³-hybridized carbons (Fsp3) is 0.550. The van der Waals surface area contributed by atoms with Gasteiger partial charge in [-0.2, -0.15) is 4.31 Å². The highest BCUT2D eigenvalue weighted by Gasteiger charge is 2.25. The van der Waals surface area contributed by atoms with Gasteiger partial charge in [-0.25, -0.2) is 13.2 Å². The number of carbonyl (C=O) groups excluding carboxylic acids is 1. The number of phenols is 1. The van der Waals surface area contributed by atoms with Crippen molar-refractivity contribution in [1.29, 1.82) is 0 Å². The number of benzene rings is 1. The van der Waals surface area contributed by atoms with E-state index < -0.39 is 21.7 Å². The van der Waals surface area contributed by atoms with Crippen LogP contribution < -0.4 is 5.32 Å². The Kier molecular flexibility index (Phi) is 8.50. The average Bonchev–Trinajstić information content (AvgIpc) is 2.55. The number of hydrogen-bond donors (Lipinski definition) is 2. The molecule has 0 unspecified atom stereocenters. The Labute approximate surface area is 168 Å². The van der Waals surface area contributed by atoms with E-state index in [2.05, 4.69) is 11.9 Å². The van der Waals surface area contributed by atoms with Crippen LogP contribution in [0, 0.1) is 5.92 Å². The molecule has 28 heavy (non-hydrogen) atoms. The smallest absolute Gasteiger partial charge is 0.407 e. The van der Waals surface area contributed by atoms with Crippen LogP contribution in [-0.4, -0.2) is 49.2 Å². The predicted octanol–water partition coefficient (Wildman–Crippen LogP) is 3.60. The first-order valence-electron chi connectivity index (χ1n) is 9.29. The molecule has 1 aromatic carbocycles. The summed E-state index contributed by atoms with van der Waals surface area (Å²) in [5.74, 6) is 0.107. The molecule has 0 heterocycles. The highest BCUT2D eigenvalue weighted by Crippen LogP contribution is 2.25. The lowest BCUT2D eigenvalue weighted by molar-refractivity contribution is 0.0526. The molecule has 1 amide bonds. The molecule has 0 spiro atoms. The number of alkyl carbamates (subject to hydrolysis) is 1. The van der Waals surface area contributed by atoms with Crippen molar-refractivity contribution in [3.63, 3.8) is 0 Å². The molecule has 0 saturated heterocycles. The fourth-order valence-electron chi connectivity index (χ4n) is 2.48. The van der Waals surface area contributed by atoms with Gasteiger partial charge in [-0.05, 0) is 51.3 Å². The summed E-state index contributed by atoms with van der Waals surface area (Å²) in [6.45, 7) is 13.7. The van der Waals surface area contributed by atoms with E-state index >= 15 is 0 Å². The molecule has 0 saturated carbocycles. The maximum atomic E-state index is 13.1. The number of nitrogens with zero attached hydrogens (tertiary/aromatic N) is 1. The van der Waals surface area contributed by atoms with E-state index in [1.807, 2.05) is 13.8 Å². The molecule has 0 radical (unpaired) electrons. The van der Waals surface area contributed by atoms with Crippen LogP contribution in [0.15, 0.2) is 29.7 Å². The van der Waals surface area contributed by atoms with Crippen molar-refractivity contribution < 1.29 is 23.1 Å². The van der Waals surface area contributed by atoms with Crippen molar-refractivity contribution in [3.05, 3.63) is 30.3 Å². The van der Waals surface area contributed by atoms with E-state index in [0.29, 0.717) is 25.1 Å². The van der Waals surface area contributed by atoms with Gasteiger partial charge in [0.2, 0.25) is 10.0 Å². The summed E-state index contributed by atoms with van der Waals surface area (Å²) in [7, 11) is -3.74. The number of aromatic hydroxyl groups is 1. The van der Waals surface area contributed by atoms with Crippen molar-refractivity contribution in [2.45, 2.75) is 51.5 Å². The molecule has 0 atom stereocenters. The van der Waals surface area contributed by atoms with Gasteiger partial charge in [0.05, 0.1) is 4.90 Å². The van der Waals surface area contributed by atoms with Crippen LogP contribution in [0.1, 0.15) is 46.6 Å². The van der Waals surface area contributed by atoms with Crippen LogP contribution in [0.2, 0.25) is 0 Å². The molecular weight excluding hydrogens is 380 g/mol. The molecule has 158 valence electrons. The van der Waals surface area contributed by atoms with E-state index in [1.54, 1.807) is 20.8 Å². The largest absolute Gasteiger partial charge is 0.507 e. The van der Waals surface area contributed by atoms with Gasteiger partial charge in [-0.3, -0.25) is 0 Å². The summed E-state index contributed by atoms with van der Waals surface area (Å²) in [5, 5.41) is 12.4. The summed E-state index contributed by atoms with van der Waals surface area (Å²) in [5.41, 5.74) is -0.226. The standard InChI is InChI=1S/C20H32N2O5S/c1-7-16-13-17(9-10-18(16)23)28(25,26)22(14-15(2)3)12-8-11-21-19(24)27-20(4,5)6/h7,9-10,13,15,23H,1,8,11-12,14H2,2-6H3,(H,21,24). The summed E-state index contributed by atoms with van der Waals surface area (Å²) in [4.78, 5) is 11.8. The average molecular weight is 413 g/mol. The Morgan fingerprint density at radius 2 is 2.00 bits per heavy atom.